The number of carbonyl (C=O) groups is 1. The van der Waals surface area contributed by atoms with E-state index in [1.165, 1.54) is 20.1 Å². The molecule has 1 aliphatic rings. The molecule has 0 bridgehead atoms. The topological polar surface area (TPSA) is 68.1 Å². The third-order valence-electron chi connectivity index (χ3n) is 2.92. The molecule has 0 N–H and O–H groups in total. The molecule has 0 aliphatic carbocycles. The zero-order valence-corrected chi connectivity index (χ0v) is 11.8. The molecular weight excluding hydrogens is 304 g/mol. The standard InChI is InChI=1S/C10H14F4N2O3S/c1-8(2)5-16-6-9(4-11,20(8,18)15-3)19-7(17)10(12,13)14/h5H,4,6H2,1-3H3. The van der Waals surface area contributed by atoms with E-state index < -0.39 is 44.8 Å². The van der Waals surface area contributed by atoms with Crippen LogP contribution in [-0.2, 0) is 19.3 Å². The Bertz CT molecular complexity index is 549. The SMILES string of the molecule is CN=S1(=O)C(C)(C)C=NCC1(CF)OC(=O)C(F)(F)F. The summed E-state index contributed by atoms with van der Waals surface area (Å²) in [5.41, 5.74) is 0. The van der Waals surface area contributed by atoms with Crippen molar-refractivity contribution in [1.82, 2.24) is 0 Å². The van der Waals surface area contributed by atoms with E-state index in [9.17, 15) is 26.6 Å². The van der Waals surface area contributed by atoms with Crippen LogP contribution in [0.2, 0.25) is 0 Å². The first-order valence-corrected chi connectivity index (χ1v) is 6.99. The van der Waals surface area contributed by atoms with Crippen LogP contribution in [0.1, 0.15) is 13.8 Å². The fourth-order valence-corrected chi connectivity index (χ4v) is 4.47. The summed E-state index contributed by atoms with van der Waals surface area (Å²) in [6, 6.07) is 0. The molecule has 0 aromatic rings. The molecule has 116 valence electrons. The number of aliphatic imine (C=N–C) groups is 1. The second kappa shape index (κ2) is 4.97. The summed E-state index contributed by atoms with van der Waals surface area (Å²) >= 11 is 0. The number of halogens is 4. The van der Waals surface area contributed by atoms with Gasteiger partial charge in [-0.2, -0.15) is 13.2 Å². The van der Waals surface area contributed by atoms with Gasteiger partial charge in [-0.1, -0.05) is 0 Å². The highest BCUT2D eigenvalue weighted by Gasteiger charge is 2.57. The Morgan fingerprint density at radius 1 is 1.50 bits per heavy atom. The van der Waals surface area contributed by atoms with Crippen LogP contribution in [0.5, 0.6) is 0 Å². The van der Waals surface area contributed by atoms with Gasteiger partial charge in [-0.05, 0) is 13.8 Å². The predicted molar refractivity (Wildman–Crippen MR) is 64.8 cm³/mol. The average Bonchev–Trinajstić information content (AvgIpc) is 2.33. The van der Waals surface area contributed by atoms with Crippen LogP contribution in [0.15, 0.2) is 9.36 Å². The van der Waals surface area contributed by atoms with Crippen molar-refractivity contribution >= 4 is 21.9 Å². The van der Waals surface area contributed by atoms with Crippen molar-refractivity contribution in [3.63, 3.8) is 0 Å². The first kappa shape index (κ1) is 16.9. The minimum atomic E-state index is -5.32. The summed E-state index contributed by atoms with van der Waals surface area (Å²) in [6.45, 7) is 0.490. The normalized spacial score (nSPS) is 32.8. The molecule has 0 spiro atoms. The lowest BCUT2D eigenvalue weighted by molar-refractivity contribution is -0.207. The fraction of sp³-hybridized carbons (Fsp3) is 0.800. The number of carbonyl (C=O) groups excluding carboxylic acids is 1. The van der Waals surface area contributed by atoms with Crippen LogP contribution >= 0.6 is 0 Å². The largest absolute Gasteiger partial charge is 0.490 e. The molecule has 20 heavy (non-hydrogen) atoms. The molecule has 0 aromatic carbocycles. The molecule has 1 rings (SSSR count). The second-order valence-electron chi connectivity index (χ2n) is 4.71. The smallest absolute Gasteiger partial charge is 0.433 e. The third-order valence-corrected chi connectivity index (χ3v) is 6.30. The van der Waals surface area contributed by atoms with Gasteiger partial charge in [0.1, 0.15) is 16.4 Å². The summed E-state index contributed by atoms with van der Waals surface area (Å²) in [4.78, 5) is 12.1. The van der Waals surface area contributed by atoms with E-state index in [1.807, 2.05) is 0 Å². The maximum atomic E-state index is 13.4. The van der Waals surface area contributed by atoms with Crippen LogP contribution in [-0.4, -0.2) is 52.5 Å². The maximum Gasteiger partial charge on any atom is 0.490 e. The number of esters is 1. The molecule has 0 amide bonds. The van der Waals surface area contributed by atoms with Gasteiger partial charge in [0.25, 0.3) is 0 Å². The number of alkyl halides is 4. The quantitative estimate of drug-likeness (QED) is 0.575. The van der Waals surface area contributed by atoms with Gasteiger partial charge >= 0.3 is 12.1 Å². The molecule has 1 heterocycles. The highest BCUT2D eigenvalue weighted by Crippen LogP contribution is 2.37. The Morgan fingerprint density at radius 3 is 2.45 bits per heavy atom. The third kappa shape index (κ3) is 2.40. The summed E-state index contributed by atoms with van der Waals surface area (Å²) in [7, 11) is -2.58. The molecule has 0 saturated heterocycles. The molecule has 2 atom stereocenters. The molecule has 10 heteroatoms. The van der Waals surface area contributed by atoms with Crippen molar-refractivity contribution in [2.24, 2.45) is 9.36 Å². The van der Waals surface area contributed by atoms with E-state index in [0.29, 0.717) is 0 Å². The molecule has 0 radical (unpaired) electrons. The fourth-order valence-electron chi connectivity index (χ4n) is 1.90. The Hall–Kier alpha value is -1.19. The molecule has 2 unspecified atom stereocenters. The predicted octanol–water partition coefficient (Wildman–Crippen LogP) is 1.72. The molecule has 5 nitrogen and oxygen atoms in total. The molecule has 0 aromatic heterocycles. The zero-order valence-electron chi connectivity index (χ0n) is 11.0. The highest BCUT2D eigenvalue weighted by atomic mass is 32.2. The second-order valence-corrected chi connectivity index (χ2v) is 7.93. The van der Waals surface area contributed by atoms with E-state index >= 15 is 0 Å². The van der Waals surface area contributed by atoms with Crippen molar-refractivity contribution in [3.8, 4) is 0 Å². The minimum Gasteiger partial charge on any atom is -0.433 e. The van der Waals surface area contributed by atoms with E-state index in [4.69, 9.17) is 0 Å². The van der Waals surface area contributed by atoms with E-state index in [2.05, 4.69) is 14.1 Å². The number of ether oxygens (including phenoxy) is 1. The van der Waals surface area contributed by atoms with Gasteiger partial charge < -0.3 is 4.74 Å². The minimum absolute atomic E-state index is 0.676. The van der Waals surface area contributed by atoms with Gasteiger partial charge in [0.15, 0.2) is 0 Å². The highest BCUT2D eigenvalue weighted by molar-refractivity contribution is 7.97. The lowest BCUT2D eigenvalue weighted by Gasteiger charge is -2.41. The van der Waals surface area contributed by atoms with Crippen molar-refractivity contribution < 1.29 is 31.3 Å². The van der Waals surface area contributed by atoms with Crippen molar-refractivity contribution in [2.45, 2.75) is 29.7 Å². The Balaban J connectivity index is 3.40. The van der Waals surface area contributed by atoms with Crippen molar-refractivity contribution in [3.05, 3.63) is 0 Å². The average molecular weight is 318 g/mol. The van der Waals surface area contributed by atoms with Gasteiger partial charge in [0.2, 0.25) is 4.93 Å². The van der Waals surface area contributed by atoms with Gasteiger partial charge in [-0.25, -0.2) is 17.8 Å². The van der Waals surface area contributed by atoms with Gasteiger partial charge in [-0.3, -0.25) is 4.99 Å². The Kier molecular flexibility index (Phi) is 4.19. The summed E-state index contributed by atoms with van der Waals surface area (Å²) in [5, 5.41) is 0. The van der Waals surface area contributed by atoms with Crippen LogP contribution in [0.3, 0.4) is 0 Å². The zero-order chi connectivity index (χ0) is 15.8. The monoisotopic (exact) mass is 318 g/mol. The van der Waals surface area contributed by atoms with Crippen LogP contribution in [0, 0.1) is 0 Å². The maximum absolute atomic E-state index is 13.4. The van der Waals surface area contributed by atoms with E-state index in [1.54, 1.807) is 0 Å². The van der Waals surface area contributed by atoms with Crippen LogP contribution in [0.25, 0.3) is 0 Å². The number of nitrogens with zero attached hydrogens (tertiary/aromatic N) is 2. The van der Waals surface area contributed by atoms with Crippen LogP contribution in [0.4, 0.5) is 17.6 Å². The number of hydrogen-bond donors (Lipinski definition) is 0. The van der Waals surface area contributed by atoms with Gasteiger partial charge in [0, 0.05) is 13.3 Å². The molecular formula is C10H14F4N2O3S. The summed E-state index contributed by atoms with van der Waals surface area (Å²) < 4.78 is 69.5. The lowest BCUT2D eigenvalue weighted by atomic mass is 10.2. The van der Waals surface area contributed by atoms with E-state index in [0.717, 1.165) is 7.05 Å². The van der Waals surface area contributed by atoms with Gasteiger partial charge in [-0.15, -0.1) is 0 Å². The first-order chi connectivity index (χ1) is 8.96. The molecule has 0 fully saturated rings. The Labute approximate surface area is 113 Å². The lowest BCUT2D eigenvalue weighted by Crippen LogP contribution is -2.59. The number of hydrogen-bond acceptors (Lipinski definition) is 5. The summed E-state index contributed by atoms with van der Waals surface area (Å²) in [5.74, 6) is -2.61. The summed E-state index contributed by atoms with van der Waals surface area (Å²) in [6.07, 6.45) is -4.10. The van der Waals surface area contributed by atoms with Crippen molar-refractivity contribution in [2.75, 3.05) is 20.3 Å². The number of rotatable bonds is 2. The van der Waals surface area contributed by atoms with Crippen LogP contribution < -0.4 is 0 Å². The molecule has 1 aliphatic heterocycles. The Morgan fingerprint density at radius 2 is 2.05 bits per heavy atom. The first-order valence-electron chi connectivity index (χ1n) is 5.47. The van der Waals surface area contributed by atoms with E-state index in [-0.39, 0.29) is 0 Å². The van der Waals surface area contributed by atoms with Gasteiger partial charge in [0.05, 0.1) is 11.3 Å². The molecule has 0 saturated carbocycles. The van der Waals surface area contributed by atoms with Crippen molar-refractivity contribution in [1.29, 1.82) is 0 Å².